The first-order chi connectivity index (χ1) is 8.47. The number of benzene rings is 1. The number of hydrogen-bond donors (Lipinski definition) is 0. The van der Waals surface area contributed by atoms with Gasteiger partial charge < -0.3 is 9.64 Å². The Morgan fingerprint density at radius 3 is 2.78 bits per heavy atom. The van der Waals surface area contributed by atoms with E-state index in [0.29, 0.717) is 12.6 Å². The Morgan fingerprint density at radius 2 is 2.17 bits per heavy atom. The third-order valence-electron chi connectivity index (χ3n) is 3.28. The second-order valence-corrected chi connectivity index (χ2v) is 4.61. The number of alkyl halides is 3. The van der Waals surface area contributed by atoms with Crippen LogP contribution in [0.4, 0.5) is 13.2 Å². The van der Waals surface area contributed by atoms with Crippen molar-refractivity contribution in [2.75, 3.05) is 20.2 Å². The van der Waals surface area contributed by atoms with E-state index < -0.39 is 11.7 Å². The molecule has 0 bridgehead atoms. The van der Waals surface area contributed by atoms with Crippen molar-refractivity contribution in [2.45, 2.75) is 25.1 Å². The molecule has 0 radical (unpaired) electrons. The molecule has 0 unspecified atom stereocenters. The third kappa shape index (κ3) is 3.16. The van der Waals surface area contributed by atoms with Crippen molar-refractivity contribution in [3.63, 3.8) is 0 Å². The molecule has 5 heteroatoms. The summed E-state index contributed by atoms with van der Waals surface area (Å²) < 4.78 is 43.0. The number of ether oxygens (including phenoxy) is 1. The summed E-state index contributed by atoms with van der Waals surface area (Å²) in [6.45, 7) is 1.47. The Hall–Kier alpha value is -1.23. The van der Waals surface area contributed by atoms with Gasteiger partial charge in [0.1, 0.15) is 12.4 Å². The number of likely N-dealkylation sites (tertiary alicyclic amines) is 1. The lowest BCUT2D eigenvalue weighted by molar-refractivity contribution is -0.137. The Bertz CT molecular complexity index is 405. The van der Waals surface area contributed by atoms with Crippen molar-refractivity contribution in [1.82, 2.24) is 4.90 Å². The van der Waals surface area contributed by atoms with Crippen LogP contribution in [0.1, 0.15) is 18.4 Å². The average molecular weight is 259 g/mol. The molecule has 1 aliphatic heterocycles. The van der Waals surface area contributed by atoms with E-state index in [4.69, 9.17) is 4.74 Å². The normalized spacial score (nSPS) is 21.2. The first-order valence-electron chi connectivity index (χ1n) is 5.97. The molecule has 2 nitrogen and oxygen atoms in total. The van der Waals surface area contributed by atoms with Crippen molar-refractivity contribution in [2.24, 2.45) is 0 Å². The number of rotatable bonds is 3. The first kappa shape index (κ1) is 13.2. The summed E-state index contributed by atoms with van der Waals surface area (Å²) in [6.07, 6.45) is -2.16. The van der Waals surface area contributed by atoms with Gasteiger partial charge in [-0.2, -0.15) is 13.2 Å². The van der Waals surface area contributed by atoms with E-state index in [1.54, 1.807) is 6.07 Å². The van der Waals surface area contributed by atoms with E-state index in [-0.39, 0.29) is 5.75 Å². The van der Waals surface area contributed by atoms with Gasteiger partial charge >= 0.3 is 6.18 Å². The van der Waals surface area contributed by atoms with Crippen LogP contribution in [0, 0.1) is 0 Å². The topological polar surface area (TPSA) is 12.5 Å². The van der Waals surface area contributed by atoms with Crippen molar-refractivity contribution in [1.29, 1.82) is 0 Å². The Balaban J connectivity index is 1.97. The molecular weight excluding hydrogens is 243 g/mol. The summed E-state index contributed by atoms with van der Waals surface area (Å²) in [5.74, 6) is 0.283. The number of likely N-dealkylation sites (N-methyl/N-ethyl adjacent to an activating group) is 1. The van der Waals surface area contributed by atoms with Gasteiger partial charge in [-0.15, -0.1) is 0 Å². The van der Waals surface area contributed by atoms with Crippen LogP contribution in [0.5, 0.6) is 5.75 Å². The van der Waals surface area contributed by atoms with Gasteiger partial charge in [0.05, 0.1) is 5.56 Å². The molecule has 0 N–H and O–H groups in total. The fraction of sp³-hybridized carbons (Fsp3) is 0.538. The average Bonchev–Trinajstić information content (AvgIpc) is 2.72. The highest BCUT2D eigenvalue weighted by molar-refractivity contribution is 5.30. The van der Waals surface area contributed by atoms with E-state index in [1.807, 2.05) is 7.05 Å². The molecule has 0 aromatic heterocycles. The summed E-state index contributed by atoms with van der Waals surface area (Å²) in [5.41, 5.74) is -0.667. The molecule has 2 rings (SSSR count). The third-order valence-corrected chi connectivity index (χ3v) is 3.28. The summed E-state index contributed by atoms with van der Waals surface area (Å²) >= 11 is 0. The van der Waals surface area contributed by atoms with Gasteiger partial charge in [0.25, 0.3) is 0 Å². The van der Waals surface area contributed by atoms with Crippen LogP contribution >= 0.6 is 0 Å². The molecule has 0 aliphatic carbocycles. The monoisotopic (exact) mass is 259 g/mol. The van der Waals surface area contributed by atoms with Crippen LogP contribution in [0.25, 0.3) is 0 Å². The van der Waals surface area contributed by atoms with Gasteiger partial charge in [0.15, 0.2) is 0 Å². The van der Waals surface area contributed by atoms with Crippen LogP contribution in [-0.4, -0.2) is 31.1 Å². The Labute approximate surface area is 104 Å². The minimum atomic E-state index is -4.32. The van der Waals surface area contributed by atoms with Gasteiger partial charge in [0, 0.05) is 6.04 Å². The number of halogens is 3. The van der Waals surface area contributed by atoms with E-state index in [2.05, 4.69) is 4.90 Å². The van der Waals surface area contributed by atoms with E-state index in [0.717, 1.165) is 31.5 Å². The SMILES string of the molecule is CN1CCC[C@@H]1COc1cccc(C(F)(F)F)c1. The zero-order valence-electron chi connectivity index (χ0n) is 10.2. The molecule has 0 saturated carbocycles. The molecule has 1 aromatic carbocycles. The van der Waals surface area contributed by atoms with Crippen molar-refractivity contribution >= 4 is 0 Å². The smallest absolute Gasteiger partial charge is 0.416 e. The van der Waals surface area contributed by atoms with Crippen LogP contribution in [0.15, 0.2) is 24.3 Å². The molecular formula is C13H16F3NO. The predicted molar refractivity (Wildman–Crippen MR) is 62.6 cm³/mol. The summed E-state index contributed by atoms with van der Waals surface area (Å²) in [6, 6.07) is 5.34. The highest BCUT2D eigenvalue weighted by Gasteiger charge is 2.30. The maximum Gasteiger partial charge on any atom is 0.416 e. The molecule has 1 aliphatic rings. The number of hydrogen-bond acceptors (Lipinski definition) is 2. The lowest BCUT2D eigenvalue weighted by atomic mass is 10.2. The van der Waals surface area contributed by atoms with Crippen molar-refractivity contribution < 1.29 is 17.9 Å². The van der Waals surface area contributed by atoms with Gasteiger partial charge in [-0.1, -0.05) is 6.07 Å². The molecule has 1 atom stereocenters. The summed E-state index contributed by atoms with van der Waals surface area (Å²) in [7, 11) is 2.01. The first-order valence-corrected chi connectivity index (χ1v) is 5.97. The Morgan fingerprint density at radius 1 is 1.39 bits per heavy atom. The minimum Gasteiger partial charge on any atom is -0.492 e. The van der Waals surface area contributed by atoms with Crippen LogP contribution in [-0.2, 0) is 6.18 Å². The van der Waals surface area contributed by atoms with Crippen molar-refractivity contribution in [3.8, 4) is 5.75 Å². The molecule has 18 heavy (non-hydrogen) atoms. The molecule has 100 valence electrons. The highest BCUT2D eigenvalue weighted by atomic mass is 19.4. The van der Waals surface area contributed by atoms with Crippen LogP contribution < -0.4 is 4.74 Å². The van der Waals surface area contributed by atoms with Gasteiger partial charge in [-0.3, -0.25) is 0 Å². The van der Waals surface area contributed by atoms with Crippen molar-refractivity contribution in [3.05, 3.63) is 29.8 Å². The van der Waals surface area contributed by atoms with Crippen LogP contribution in [0.2, 0.25) is 0 Å². The largest absolute Gasteiger partial charge is 0.492 e. The zero-order chi connectivity index (χ0) is 13.2. The minimum absolute atomic E-state index is 0.283. The molecule has 1 aromatic rings. The van der Waals surface area contributed by atoms with E-state index >= 15 is 0 Å². The fourth-order valence-electron chi connectivity index (χ4n) is 2.14. The predicted octanol–water partition coefficient (Wildman–Crippen LogP) is 3.18. The van der Waals surface area contributed by atoms with Crippen LogP contribution in [0.3, 0.4) is 0 Å². The summed E-state index contributed by atoms with van der Waals surface area (Å²) in [5, 5.41) is 0. The molecule has 1 saturated heterocycles. The maximum atomic E-state index is 12.5. The fourth-order valence-corrected chi connectivity index (χ4v) is 2.14. The molecule has 1 fully saturated rings. The van der Waals surface area contributed by atoms with E-state index in [1.165, 1.54) is 6.07 Å². The lowest BCUT2D eigenvalue weighted by Crippen LogP contribution is -2.30. The standard InChI is InChI=1S/C13H16F3NO/c1-17-7-3-5-11(17)9-18-12-6-2-4-10(8-12)13(14,15)16/h2,4,6,8,11H,3,5,7,9H2,1H3/t11-/m1/s1. The Kier molecular flexibility index (Phi) is 3.80. The van der Waals surface area contributed by atoms with Gasteiger partial charge in [-0.05, 0) is 44.6 Å². The number of nitrogens with zero attached hydrogens (tertiary/aromatic N) is 1. The van der Waals surface area contributed by atoms with Gasteiger partial charge in [0.2, 0.25) is 0 Å². The maximum absolute atomic E-state index is 12.5. The van der Waals surface area contributed by atoms with Gasteiger partial charge in [-0.25, -0.2) is 0 Å². The second-order valence-electron chi connectivity index (χ2n) is 4.61. The second kappa shape index (κ2) is 5.18. The molecule has 0 spiro atoms. The summed E-state index contributed by atoms with van der Waals surface area (Å²) in [4.78, 5) is 2.17. The molecule has 0 amide bonds. The quantitative estimate of drug-likeness (QED) is 0.826. The highest BCUT2D eigenvalue weighted by Crippen LogP contribution is 2.31. The lowest BCUT2D eigenvalue weighted by Gasteiger charge is -2.20. The molecule has 1 heterocycles. The zero-order valence-corrected chi connectivity index (χ0v) is 10.2. The van der Waals surface area contributed by atoms with E-state index in [9.17, 15) is 13.2 Å².